The van der Waals surface area contributed by atoms with E-state index in [2.05, 4.69) is 10.6 Å². The number of para-hydroxylation sites is 1. The van der Waals surface area contributed by atoms with E-state index < -0.39 is 44.1 Å². The van der Waals surface area contributed by atoms with Gasteiger partial charge in [-0.1, -0.05) is 12.1 Å². The lowest BCUT2D eigenvalue weighted by Gasteiger charge is -2.15. The molecular weight excluding hydrogens is 352 g/mol. The van der Waals surface area contributed by atoms with Gasteiger partial charge in [0, 0.05) is 25.4 Å². The number of nitrogens with one attached hydrogen (secondary N) is 2. The summed E-state index contributed by atoms with van der Waals surface area (Å²) in [5, 5.41) is 22.3. The van der Waals surface area contributed by atoms with Gasteiger partial charge >= 0.3 is 0 Å². The number of carbonyl (C=O) groups is 2. The minimum absolute atomic E-state index is 0.00475. The number of nitro groups is 1. The Balaban J connectivity index is 2.87. The van der Waals surface area contributed by atoms with Crippen LogP contribution in [-0.4, -0.2) is 49.8 Å². The first kappa shape index (κ1) is 20.0. The molecule has 0 aromatic heterocycles. The minimum atomic E-state index is -3.85. The van der Waals surface area contributed by atoms with Crippen LogP contribution >= 0.6 is 0 Å². The first-order chi connectivity index (χ1) is 11.7. The average molecular weight is 368 g/mol. The van der Waals surface area contributed by atoms with Crippen LogP contribution in [-0.2, 0) is 14.6 Å². The number of benzene rings is 1. The normalized spacial score (nSPS) is 11.8. The summed E-state index contributed by atoms with van der Waals surface area (Å²) in [5.41, 5.74) is -0.681. The van der Waals surface area contributed by atoms with E-state index in [1.165, 1.54) is 18.2 Å². The van der Waals surface area contributed by atoms with Gasteiger partial charge in [-0.2, -0.15) is 5.26 Å². The number of rotatable bonds is 8. The molecule has 0 bridgehead atoms. The lowest BCUT2D eigenvalue weighted by atomic mass is 10.1. The second kappa shape index (κ2) is 8.74. The van der Waals surface area contributed by atoms with Crippen LogP contribution in [0, 0.1) is 21.4 Å². The quantitative estimate of drug-likeness (QED) is 0.364. The summed E-state index contributed by atoms with van der Waals surface area (Å²) in [4.78, 5) is 34.2. The van der Waals surface area contributed by atoms with Gasteiger partial charge in [-0.3, -0.25) is 19.7 Å². The smallest absolute Gasteiger partial charge is 0.282 e. The SMILES string of the molecule is CS(=O)(=O)C(CNC(=O)c1ccccc1[N+](=O)[O-])C(=O)NCCC#N. The molecule has 0 saturated carbocycles. The summed E-state index contributed by atoms with van der Waals surface area (Å²) in [7, 11) is -3.85. The van der Waals surface area contributed by atoms with E-state index in [1.54, 1.807) is 6.07 Å². The summed E-state index contributed by atoms with van der Waals surface area (Å²) in [5.74, 6) is -1.73. The fourth-order valence-electron chi connectivity index (χ4n) is 1.90. The Kier molecular flexibility index (Phi) is 7.01. The van der Waals surface area contributed by atoms with E-state index in [-0.39, 0.29) is 18.5 Å². The molecule has 0 saturated heterocycles. The van der Waals surface area contributed by atoms with E-state index in [1.807, 2.05) is 0 Å². The number of amides is 2. The van der Waals surface area contributed by atoms with Crippen molar-refractivity contribution in [1.29, 1.82) is 5.26 Å². The molecule has 25 heavy (non-hydrogen) atoms. The number of nitro benzene ring substituents is 1. The van der Waals surface area contributed by atoms with Crippen molar-refractivity contribution in [3.8, 4) is 6.07 Å². The average Bonchev–Trinajstić information content (AvgIpc) is 2.53. The van der Waals surface area contributed by atoms with Crippen molar-refractivity contribution in [2.45, 2.75) is 11.7 Å². The third kappa shape index (κ3) is 5.85. The maximum Gasteiger partial charge on any atom is 0.282 e. The van der Waals surface area contributed by atoms with Crippen molar-refractivity contribution >= 4 is 27.3 Å². The van der Waals surface area contributed by atoms with Gasteiger partial charge in [-0.15, -0.1) is 0 Å². The van der Waals surface area contributed by atoms with Crippen molar-refractivity contribution in [2.24, 2.45) is 0 Å². The molecule has 1 atom stereocenters. The van der Waals surface area contributed by atoms with Crippen molar-refractivity contribution in [3.05, 3.63) is 39.9 Å². The third-order valence-electron chi connectivity index (χ3n) is 3.14. The Morgan fingerprint density at radius 1 is 1.32 bits per heavy atom. The van der Waals surface area contributed by atoms with Crippen LogP contribution in [0.2, 0.25) is 0 Å². The largest absolute Gasteiger partial charge is 0.354 e. The zero-order chi connectivity index (χ0) is 19.0. The zero-order valence-corrected chi connectivity index (χ0v) is 14.1. The van der Waals surface area contributed by atoms with Crippen molar-refractivity contribution in [2.75, 3.05) is 19.3 Å². The van der Waals surface area contributed by atoms with Crippen LogP contribution in [0.4, 0.5) is 5.69 Å². The molecular formula is C14H16N4O6S. The monoisotopic (exact) mass is 368 g/mol. The molecule has 0 radical (unpaired) electrons. The van der Waals surface area contributed by atoms with Gasteiger partial charge in [0.15, 0.2) is 15.1 Å². The zero-order valence-electron chi connectivity index (χ0n) is 13.3. The predicted molar refractivity (Wildman–Crippen MR) is 87.3 cm³/mol. The van der Waals surface area contributed by atoms with Gasteiger partial charge in [0.05, 0.1) is 17.4 Å². The van der Waals surface area contributed by atoms with Gasteiger partial charge < -0.3 is 10.6 Å². The Morgan fingerprint density at radius 2 is 1.96 bits per heavy atom. The molecule has 10 nitrogen and oxygen atoms in total. The van der Waals surface area contributed by atoms with Crippen LogP contribution in [0.25, 0.3) is 0 Å². The molecule has 1 aromatic rings. The molecule has 11 heteroatoms. The number of sulfone groups is 1. The number of hydrogen-bond acceptors (Lipinski definition) is 7. The summed E-state index contributed by atoms with van der Waals surface area (Å²) in [6.07, 6.45) is 0.837. The molecule has 0 heterocycles. The van der Waals surface area contributed by atoms with Crippen molar-refractivity contribution < 1.29 is 22.9 Å². The molecule has 0 aliphatic carbocycles. The van der Waals surface area contributed by atoms with Gasteiger partial charge in [0.2, 0.25) is 5.91 Å². The van der Waals surface area contributed by atoms with E-state index in [4.69, 9.17) is 5.26 Å². The van der Waals surface area contributed by atoms with Crippen LogP contribution < -0.4 is 10.6 Å². The predicted octanol–water partition coefficient (Wildman–Crippen LogP) is -0.232. The van der Waals surface area contributed by atoms with Crippen LogP contribution in [0.1, 0.15) is 16.8 Å². The Labute approximate surface area is 143 Å². The molecule has 0 aliphatic rings. The van der Waals surface area contributed by atoms with Gasteiger partial charge in [0.25, 0.3) is 11.6 Å². The standard InChI is InChI=1S/C14H16N4O6S/c1-25(23,24)12(14(20)16-8-4-7-15)9-17-13(19)10-5-2-3-6-11(10)18(21)22/h2-3,5-6,12H,4,8-9H2,1H3,(H,16,20)(H,17,19). The summed E-state index contributed by atoms with van der Waals surface area (Å²) in [6.45, 7) is -0.582. The van der Waals surface area contributed by atoms with Gasteiger partial charge in [0.1, 0.15) is 5.56 Å². The molecule has 1 unspecified atom stereocenters. The second-order valence-electron chi connectivity index (χ2n) is 5.00. The van der Waals surface area contributed by atoms with Crippen LogP contribution in [0.3, 0.4) is 0 Å². The Morgan fingerprint density at radius 3 is 2.52 bits per heavy atom. The molecule has 0 aliphatic heterocycles. The highest BCUT2D eigenvalue weighted by molar-refractivity contribution is 7.92. The summed E-state index contributed by atoms with van der Waals surface area (Å²) in [6, 6.07) is 6.95. The fourth-order valence-corrected chi connectivity index (χ4v) is 2.76. The molecule has 0 spiro atoms. The Hall–Kier alpha value is -3.00. The Bertz CT molecular complexity index is 815. The lowest BCUT2D eigenvalue weighted by molar-refractivity contribution is -0.385. The highest BCUT2D eigenvalue weighted by Gasteiger charge is 2.30. The maximum atomic E-state index is 12.1. The number of nitrogens with zero attached hydrogens (tertiary/aromatic N) is 2. The number of carbonyl (C=O) groups excluding carboxylic acids is 2. The van der Waals surface area contributed by atoms with Crippen molar-refractivity contribution in [1.82, 2.24) is 10.6 Å². The molecule has 2 N–H and O–H groups in total. The molecule has 1 aromatic carbocycles. The lowest BCUT2D eigenvalue weighted by Crippen LogP contribution is -2.47. The first-order valence-electron chi connectivity index (χ1n) is 7.03. The molecule has 1 rings (SSSR count). The topological polar surface area (TPSA) is 159 Å². The van der Waals surface area contributed by atoms with Gasteiger partial charge in [-0.05, 0) is 6.07 Å². The van der Waals surface area contributed by atoms with E-state index in [9.17, 15) is 28.1 Å². The molecule has 0 fully saturated rings. The van der Waals surface area contributed by atoms with Gasteiger partial charge in [-0.25, -0.2) is 8.42 Å². The summed E-state index contributed by atoms with van der Waals surface area (Å²) >= 11 is 0. The third-order valence-corrected chi connectivity index (χ3v) is 4.55. The highest BCUT2D eigenvalue weighted by atomic mass is 32.2. The molecule has 134 valence electrons. The highest BCUT2D eigenvalue weighted by Crippen LogP contribution is 2.17. The van der Waals surface area contributed by atoms with Crippen LogP contribution in [0.5, 0.6) is 0 Å². The minimum Gasteiger partial charge on any atom is -0.354 e. The summed E-state index contributed by atoms with van der Waals surface area (Å²) < 4.78 is 23.5. The first-order valence-corrected chi connectivity index (χ1v) is 8.99. The fraction of sp³-hybridized carbons (Fsp3) is 0.357. The maximum absolute atomic E-state index is 12.1. The van der Waals surface area contributed by atoms with E-state index in [0.717, 1.165) is 12.3 Å². The van der Waals surface area contributed by atoms with E-state index in [0.29, 0.717) is 0 Å². The van der Waals surface area contributed by atoms with Crippen LogP contribution in [0.15, 0.2) is 24.3 Å². The van der Waals surface area contributed by atoms with E-state index >= 15 is 0 Å². The number of nitriles is 1. The van der Waals surface area contributed by atoms with Crippen molar-refractivity contribution in [3.63, 3.8) is 0 Å². The second-order valence-corrected chi connectivity index (χ2v) is 7.23. The number of hydrogen-bond donors (Lipinski definition) is 2. The molecule has 2 amide bonds.